The van der Waals surface area contributed by atoms with E-state index < -0.39 is 34.3 Å². The third-order valence-corrected chi connectivity index (χ3v) is 21.1. The number of Topliss-reactive ketones (excluding diaryl/α,β-unsaturated/α-hetero) is 1. The van der Waals surface area contributed by atoms with Gasteiger partial charge in [0.15, 0.2) is 16.6 Å². The van der Waals surface area contributed by atoms with E-state index in [2.05, 4.69) is 113 Å². The minimum Gasteiger partial charge on any atom is -0.493 e. The van der Waals surface area contributed by atoms with Gasteiger partial charge >= 0.3 is 5.97 Å². The summed E-state index contributed by atoms with van der Waals surface area (Å²) in [5, 5.41) is -0.0964. The van der Waals surface area contributed by atoms with Crippen LogP contribution in [0, 0.1) is 11.8 Å². The lowest BCUT2D eigenvalue weighted by molar-refractivity contribution is -0.154. The van der Waals surface area contributed by atoms with Crippen LogP contribution in [-0.4, -0.2) is 59.4 Å². The molecular weight excluding hydrogens is 737 g/mol. The first kappa shape index (κ1) is 47.9. The van der Waals surface area contributed by atoms with Crippen LogP contribution in [0.15, 0.2) is 42.5 Å². The van der Waals surface area contributed by atoms with Crippen LogP contribution in [0.5, 0.6) is 11.5 Å². The summed E-state index contributed by atoms with van der Waals surface area (Å²) in [6, 6.07) is 14.4. The van der Waals surface area contributed by atoms with Crippen molar-refractivity contribution in [2.45, 2.75) is 182 Å². The topological polar surface area (TPSA) is 92.8 Å². The molecule has 4 atom stereocenters. The van der Waals surface area contributed by atoms with Gasteiger partial charge in [-0.3, -0.25) is 4.79 Å². The van der Waals surface area contributed by atoms with Crippen LogP contribution in [0.2, 0.25) is 36.3 Å². The molecule has 0 N–H and O–H groups in total. The van der Waals surface area contributed by atoms with Crippen LogP contribution in [0.3, 0.4) is 0 Å². The molecule has 1 fully saturated rings. The number of ketones is 1. The molecule has 0 amide bonds. The Morgan fingerprint density at radius 2 is 1.48 bits per heavy atom. The molecule has 1 saturated heterocycles. The lowest BCUT2D eigenvalue weighted by Crippen LogP contribution is -2.52. The predicted molar refractivity (Wildman–Crippen MR) is 232 cm³/mol. The summed E-state index contributed by atoms with van der Waals surface area (Å²) >= 11 is 0. The zero-order valence-corrected chi connectivity index (χ0v) is 39.7. The van der Waals surface area contributed by atoms with Crippen LogP contribution in [0.25, 0.3) is 0 Å². The highest BCUT2D eigenvalue weighted by Gasteiger charge is 2.69. The van der Waals surface area contributed by atoms with Crippen molar-refractivity contribution in [2.75, 3.05) is 13.2 Å². The van der Waals surface area contributed by atoms with Crippen LogP contribution < -0.4 is 9.47 Å². The van der Waals surface area contributed by atoms with Gasteiger partial charge in [-0.1, -0.05) is 112 Å². The van der Waals surface area contributed by atoms with E-state index in [1.165, 1.54) is 0 Å². The fourth-order valence-corrected chi connectivity index (χ4v) is 8.89. The number of carbonyl (C=O) groups is 2. The van der Waals surface area contributed by atoms with Crippen molar-refractivity contribution >= 4 is 28.4 Å². The van der Waals surface area contributed by atoms with Crippen LogP contribution in [0.1, 0.15) is 125 Å². The molecular formula is C46H76O8Si2. The zero-order valence-electron chi connectivity index (χ0n) is 37.7. The summed E-state index contributed by atoms with van der Waals surface area (Å²) in [4.78, 5) is 28.0. The number of rotatable bonds is 23. The normalized spacial score (nSPS) is 18.8. The summed E-state index contributed by atoms with van der Waals surface area (Å²) in [6.07, 6.45) is 2.58. The Kier molecular flexibility index (Phi) is 17.1. The van der Waals surface area contributed by atoms with E-state index in [4.69, 9.17) is 27.8 Å². The Balaban J connectivity index is 1.95. The maximum atomic E-state index is 14.4. The smallest absolute Gasteiger partial charge is 0.343 e. The molecule has 2 unspecified atom stereocenters. The van der Waals surface area contributed by atoms with Crippen LogP contribution in [0.4, 0.5) is 0 Å². The van der Waals surface area contributed by atoms with E-state index in [9.17, 15) is 9.59 Å². The first-order valence-electron chi connectivity index (χ1n) is 21.2. The second-order valence-electron chi connectivity index (χ2n) is 19.1. The van der Waals surface area contributed by atoms with E-state index >= 15 is 0 Å². The average molecular weight is 813 g/mol. The van der Waals surface area contributed by atoms with Crippen molar-refractivity contribution in [1.82, 2.24) is 0 Å². The van der Waals surface area contributed by atoms with Crippen molar-refractivity contribution in [3.63, 3.8) is 0 Å². The molecule has 0 bridgehead atoms. The highest BCUT2D eigenvalue weighted by molar-refractivity contribution is 6.74. The number of esters is 1. The van der Waals surface area contributed by atoms with Gasteiger partial charge in [0.05, 0.1) is 31.5 Å². The van der Waals surface area contributed by atoms with E-state index in [1.54, 1.807) is 6.92 Å². The first-order chi connectivity index (χ1) is 26.0. The third kappa shape index (κ3) is 12.3. The average Bonchev–Trinajstić information content (AvgIpc) is 3.85. The van der Waals surface area contributed by atoms with Gasteiger partial charge in [-0.15, -0.1) is 0 Å². The van der Waals surface area contributed by atoms with E-state index in [-0.39, 0.29) is 40.9 Å². The molecule has 2 aromatic carbocycles. The van der Waals surface area contributed by atoms with Gasteiger partial charge in [-0.05, 0) is 92.0 Å². The molecule has 0 spiro atoms. The number of ether oxygens (including phenoxy) is 4. The van der Waals surface area contributed by atoms with Crippen molar-refractivity contribution < 1.29 is 37.4 Å². The highest BCUT2D eigenvalue weighted by Crippen LogP contribution is 2.49. The quantitative estimate of drug-likeness (QED) is 0.0622. The summed E-state index contributed by atoms with van der Waals surface area (Å²) in [6.45, 7) is 33.8. The molecule has 316 valence electrons. The third-order valence-electron chi connectivity index (χ3n) is 12.2. The van der Waals surface area contributed by atoms with Crippen LogP contribution in [-0.2, 0) is 47.5 Å². The zero-order chi connectivity index (χ0) is 42.1. The van der Waals surface area contributed by atoms with Gasteiger partial charge in [0, 0.05) is 12.3 Å². The lowest BCUT2D eigenvalue weighted by Gasteiger charge is -2.40. The molecule has 0 aromatic heterocycles. The van der Waals surface area contributed by atoms with Gasteiger partial charge < -0.3 is 27.8 Å². The standard InChI is InChI=1S/C46H76O8Si2/c1-16-22-35(38(47)30-41(54-56(14,15)45(9,10)11)46(40(17-2)53-46)43(48)49-18-3)27-28-50-39-26-25-36(29-33(4)5)42(51-31-34-23-20-19-21-24-34)37(39)32-52-55(12,13)44(6,7)8/h19-21,23-26,33,35,40-41H,16-18,22,27-32H2,1-15H3/t35-,40+,41?,46?/m1/s1. The fraction of sp³-hybridized carbons (Fsp3) is 0.696. The minimum atomic E-state index is -2.41. The molecule has 2 aromatic rings. The van der Waals surface area contributed by atoms with Crippen molar-refractivity contribution in [3.8, 4) is 11.5 Å². The van der Waals surface area contributed by atoms with Gasteiger partial charge in [0.2, 0.25) is 5.60 Å². The van der Waals surface area contributed by atoms with Crippen molar-refractivity contribution in [3.05, 3.63) is 59.2 Å². The Morgan fingerprint density at radius 3 is 2.02 bits per heavy atom. The summed E-state index contributed by atoms with van der Waals surface area (Å²) in [7, 11) is -4.54. The Morgan fingerprint density at radius 1 is 0.839 bits per heavy atom. The van der Waals surface area contributed by atoms with E-state index in [0.29, 0.717) is 45.0 Å². The number of hydrogen-bond acceptors (Lipinski definition) is 8. The molecule has 3 rings (SSSR count). The number of hydrogen-bond donors (Lipinski definition) is 0. The summed E-state index contributed by atoms with van der Waals surface area (Å²) < 4.78 is 38.9. The van der Waals surface area contributed by atoms with Crippen molar-refractivity contribution in [2.24, 2.45) is 11.8 Å². The van der Waals surface area contributed by atoms with Gasteiger partial charge in [0.1, 0.15) is 30.0 Å². The molecule has 1 heterocycles. The Labute approximate surface area is 342 Å². The number of carbonyl (C=O) groups excluding carboxylic acids is 2. The second kappa shape index (κ2) is 20.0. The highest BCUT2D eigenvalue weighted by atomic mass is 28.4. The molecule has 8 nitrogen and oxygen atoms in total. The minimum absolute atomic E-state index is 0.0308. The van der Waals surface area contributed by atoms with E-state index in [0.717, 1.165) is 41.0 Å². The molecule has 0 radical (unpaired) electrons. The predicted octanol–water partition coefficient (Wildman–Crippen LogP) is 11.6. The maximum absolute atomic E-state index is 14.4. The first-order valence-corrected chi connectivity index (χ1v) is 27.0. The molecule has 0 saturated carbocycles. The largest absolute Gasteiger partial charge is 0.493 e. The molecule has 1 aliphatic heterocycles. The monoisotopic (exact) mass is 813 g/mol. The number of benzene rings is 2. The number of epoxide rings is 1. The Hall–Kier alpha value is -2.51. The Bertz CT molecular complexity index is 1560. The second-order valence-corrected chi connectivity index (χ2v) is 28.7. The SMILES string of the molecule is CCC[C@H](CCOc1ccc(CC(C)C)c(OCc2ccccc2)c1CO[Si](C)(C)C(C)(C)C)C(=O)CC(O[Si](C)(C)C(C)(C)C)C1(C(=O)OCC)O[C@H]1CC. The molecule has 0 aliphatic carbocycles. The van der Waals surface area contributed by atoms with Crippen molar-refractivity contribution in [1.29, 1.82) is 0 Å². The summed E-state index contributed by atoms with van der Waals surface area (Å²) in [5.41, 5.74) is 1.87. The van der Waals surface area contributed by atoms with Gasteiger partial charge in [-0.25, -0.2) is 4.79 Å². The molecule has 1 aliphatic rings. The maximum Gasteiger partial charge on any atom is 0.343 e. The van der Waals surface area contributed by atoms with Gasteiger partial charge in [-0.2, -0.15) is 0 Å². The molecule has 56 heavy (non-hydrogen) atoms. The van der Waals surface area contributed by atoms with Gasteiger partial charge in [0.25, 0.3) is 0 Å². The molecule has 10 heteroatoms. The van der Waals surface area contributed by atoms with E-state index in [1.807, 2.05) is 25.1 Å². The summed E-state index contributed by atoms with van der Waals surface area (Å²) in [5.74, 6) is 1.33. The van der Waals surface area contributed by atoms with Crippen LogP contribution >= 0.6 is 0 Å². The lowest BCUT2D eigenvalue weighted by atomic mass is 9.87. The fourth-order valence-electron chi connectivity index (χ4n) is 6.62.